The summed E-state index contributed by atoms with van der Waals surface area (Å²) in [6, 6.07) is 0. The van der Waals surface area contributed by atoms with Gasteiger partial charge in [0.25, 0.3) is 0 Å². The molecule has 0 radical (unpaired) electrons. The summed E-state index contributed by atoms with van der Waals surface area (Å²) >= 11 is 18.5. The summed E-state index contributed by atoms with van der Waals surface area (Å²) in [5.41, 5.74) is 0. The molecule has 0 heterocycles. The quantitative estimate of drug-likeness (QED) is 0.398. The van der Waals surface area contributed by atoms with Gasteiger partial charge in [-0.1, -0.05) is 61.1 Å². The van der Waals surface area contributed by atoms with Crippen LogP contribution in [0.15, 0.2) is 0 Å². The van der Waals surface area contributed by atoms with Crippen LogP contribution in [-0.4, -0.2) is 25.8 Å². The van der Waals surface area contributed by atoms with Gasteiger partial charge >= 0.3 is 22.4 Å². The van der Waals surface area contributed by atoms with E-state index in [1.54, 1.807) is 0 Å². The summed E-state index contributed by atoms with van der Waals surface area (Å²) in [6.45, 7) is 0. The number of isothiocyanates is 5. The van der Waals surface area contributed by atoms with Crippen LogP contribution < -0.4 is 0 Å². The molecule has 0 aliphatic heterocycles. The van der Waals surface area contributed by atoms with Gasteiger partial charge in [0.2, 0.25) is 0 Å². The van der Waals surface area contributed by atoms with E-state index >= 15 is 0 Å². The van der Waals surface area contributed by atoms with E-state index in [9.17, 15) is 0 Å². The molecule has 0 aromatic heterocycles. The summed E-state index contributed by atoms with van der Waals surface area (Å²) in [5, 5.41) is 42.3. The average molecular weight is 471 g/mol. The third kappa shape index (κ3) is 33100. The molecule has 80 valence electrons. The van der Waals surface area contributed by atoms with Crippen molar-refractivity contribution in [3.63, 3.8) is 0 Å². The van der Waals surface area contributed by atoms with Crippen molar-refractivity contribution < 1.29 is 22.4 Å². The minimum atomic E-state index is 0. The van der Waals surface area contributed by atoms with E-state index in [4.69, 9.17) is 27.0 Å². The third-order valence-electron chi connectivity index (χ3n) is 0. The minimum Gasteiger partial charge on any atom is -0.753 e. The summed E-state index contributed by atoms with van der Waals surface area (Å²) < 4.78 is 0. The number of hydrogen-bond acceptors (Lipinski definition) is 5. The van der Waals surface area contributed by atoms with Crippen molar-refractivity contribution in [3.05, 3.63) is 27.0 Å². The van der Waals surface area contributed by atoms with Crippen LogP contribution in [0.1, 0.15) is 0 Å². The fourth-order valence-electron chi connectivity index (χ4n) is 0. The molecular weight excluding hydrogens is 471 g/mol. The molecule has 0 unspecified atom stereocenters. The van der Waals surface area contributed by atoms with Gasteiger partial charge < -0.3 is 27.0 Å². The monoisotopic (exact) mass is 471 g/mol. The van der Waals surface area contributed by atoms with Gasteiger partial charge in [-0.25, -0.2) is 0 Å². The summed E-state index contributed by atoms with van der Waals surface area (Å²) in [6.07, 6.45) is 0. The second kappa shape index (κ2) is 124. The van der Waals surface area contributed by atoms with Crippen LogP contribution in [0.2, 0.25) is 0 Å². The minimum absolute atomic E-state index is 0. The number of nitrogens with zero attached hydrogens (tertiary/aromatic N) is 5. The first-order valence-corrected chi connectivity index (χ1v) is 4.18. The predicted octanol–water partition coefficient (Wildman–Crippen LogP) is 3.29. The van der Waals surface area contributed by atoms with E-state index in [0.29, 0.717) is 0 Å². The maximum absolute atomic E-state index is 7.13. The Hall–Kier alpha value is -0.260. The SMILES string of the molecule is [N-]=C=S.[N-]=C=S.[N-]=C=S.[N-]=C=S.[N-]=C=S.[Ta+5]. The van der Waals surface area contributed by atoms with E-state index < -0.39 is 0 Å². The van der Waals surface area contributed by atoms with E-state index in [1.165, 1.54) is 25.8 Å². The third-order valence-corrected chi connectivity index (χ3v) is 0. The van der Waals surface area contributed by atoms with Gasteiger partial charge in [-0.2, -0.15) is 25.8 Å². The molecule has 0 N–H and O–H groups in total. The fourth-order valence-corrected chi connectivity index (χ4v) is 0. The molecule has 0 aliphatic carbocycles. The molecule has 0 bridgehead atoms. The molecule has 16 heavy (non-hydrogen) atoms. The van der Waals surface area contributed by atoms with Gasteiger partial charge in [0.15, 0.2) is 0 Å². The van der Waals surface area contributed by atoms with Crippen LogP contribution in [-0.2, 0) is 22.4 Å². The molecule has 11 heteroatoms. The fraction of sp³-hybridized carbons (Fsp3) is 0. The second-order valence-corrected chi connectivity index (χ2v) is 1.37. The van der Waals surface area contributed by atoms with Crippen LogP contribution in [0.4, 0.5) is 0 Å². The second-order valence-electron chi connectivity index (χ2n) is 0.456. The van der Waals surface area contributed by atoms with E-state index in [2.05, 4.69) is 61.1 Å². The maximum atomic E-state index is 7.13. The Kier molecular flexibility index (Phi) is 279. The molecule has 0 atom stereocenters. The topological polar surface area (TPSA) is 112 Å². The van der Waals surface area contributed by atoms with Gasteiger partial charge in [-0.3, -0.25) is 0 Å². The van der Waals surface area contributed by atoms with Crippen LogP contribution in [0.5, 0.6) is 0 Å². The Balaban J connectivity index is -0.0000000192. The van der Waals surface area contributed by atoms with Crippen molar-refractivity contribution in [1.82, 2.24) is 0 Å². The predicted molar refractivity (Wildman–Crippen MR) is 79.8 cm³/mol. The first-order valence-electron chi connectivity index (χ1n) is 2.14. The van der Waals surface area contributed by atoms with Gasteiger partial charge in [-0.05, 0) is 0 Å². The van der Waals surface area contributed by atoms with Gasteiger partial charge in [0.1, 0.15) is 0 Å². The van der Waals surface area contributed by atoms with Crippen molar-refractivity contribution >= 4 is 86.9 Å². The molecule has 0 amide bonds. The Morgan fingerprint density at radius 1 is 0.438 bits per heavy atom. The molecular formula is C5N5S5Ta. The molecule has 0 spiro atoms. The summed E-state index contributed by atoms with van der Waals surface area (Å²) in [5.74, 6) is 0. The smallest absolute Gasteiger partial charge is 0.753 e. The van der Waals surface area contributed by atoms with E-state index in [-0.39, 0.29) is 22.4 Å². The van der Waals surface area contributed by atoms with Crippen molar-refractivity contribution in [2.45, 2.75) is 0 Å². The molecule has 0 fully saturated rings. The standard InChI is InChI=1S/5CNS.Ta/c5*2-1-3;/q5*-1;+5. The van der Waals surface area contributed by atoms with Crippen molar-refractivity contribution in [2.24, 2.45) is 0 Å². The van der Waals surface area contributed by atoms with Crippen LogP contribution in [0, 0.1) is 0 Å². The van der Waals surface area contributed by atoms with Crippen LogP contribution >= 0.6 is 61.1 Å². The number of hydrogen-bond donors (Lipinski definition) is 0. The van der Waals surface area contributed by atoms with E-state index in [1.807, 2.05) is 0 Å². The molecule has 0 saturated carbocycles. The molecule has 0 aromatic rings. The van der Waals surface area contributed by atoms with Crippen molar-refractivity contribution in [1.29, 1.82) is 0 Å². The molecule has 0 aromatic carbocycles. The first kappa shape index (κ1) is 36.0. The molecule has 0 aliphatic rings. The van der Waals surface area contributed by atoms with Crippen LogP contribution in [0.3, 0.4) is 0 Å². The van der Waals surface area contributed by atoms with Gasteiger partial charge in [0, 0.05) is 0 Å². The Morgan fingerprint density at radius 3 is 0.438 bits per heavy atom. The zero-order valence-electron chi connectivity index (χ0n) is 7.22. The van der Waals surface area contributed by atoms with E-state index in [0.717, 1.165) is 0 Å². The Bertz CT molecular complexity index is 204. The number of rotatable bonds is 0. The Morgan fingerprint density at radius 2 is 0.438 bits per heavy atom. The zero-order chi connectivity index (χ0) is 13.5. The number of thiocarbonyl (C=S) groups is 5. The van der Waals surface area contributed by atoms with Crippen molar-refractivity contribution in [2.75, 3.05) is 0 Å². The molecule has 0 rings (SSSR count). The summed E-state index contributed by atoms with van der Waals surface area (Å²) in [7, 11) is 0. The summed E-state index contributed by atoms with van der Waals surface area (Å²) in [4.78, 5) is 0. The average Bonchev–Trinajstić information content (AvgIpc) is 2.09. The Labute approximate surface area is 135 Å². The maximum Gasteiger partial charge on any atom is 5.00 e. The molecule has 5 nitrogen and oxygen atoms in total. The largest absolute Gasteiger partial charge is 5.00 e. The van der Waals surface area contributed by atoms with Gasteiger partial charge in [0.05, 0.1) is 0 Å². The normalized spacial score (nSPS) is 2.50. The van der Waals surface area contributed by atoms with Gasteiger partial charge in [-0.15, -0.1) is 0 Å². The first-order chi connectivity index (χ1) is 7.07. The van der Waals surface area contributed by atoms with Crippen molar-refractivity contribution in [3.8, 4) is 0 Å². The zero-order valence-corrected chi connectivity index (χ0v) is 14.5. The van der Waals surface area contributed by atoms with Crippen LogP contribution in [0.25, 0.3) is 27.0 Å². The molecule has 0 saturated heterocycles.